The van der Waals surface area contributed by atoms with Gasteiger partial charge in [-0.2, -0.15) is 0 Å². The molecule has 1 aliphatic heterocycles. The van der Waals surface area contributed by atoms with Gasteiger partial charge in [0.05, 0.1) is 19.7 Å². The zero-order chi connectivity index (χ0) is 24.7. The van der Waals surface area contributed by atoms with Crippen molar-refractivity contribution in [1.29, 1.82) is 0 Å². The van der Waals surface area contributed by atoms with Crippen molar-refractivity contribution in [1.82, 2.24) is 20.1 Å². The van der Waals surface area contributed by atoms with E-state index in [4.69, 9.17) is 4.74 Å². The summed E-state index contributed by atoms with van der Waals surface area (Å²) >= 11 is 3.25. The van der Waals surface area contributed by atoms with Crippen LogP contribution < -0.4 is 20.3 Å². The first-order valence-electron chi connectivity index (χ1n) is 12.2. The molecule has 1 aromatic carbocycles. The molecule has 0 radical (unpaired) electrons. The Balaban J connectivity index is 1.14. The summed E-state index contributed by atoms with van der Waals surface area (Å²) in [6.45, 7) is 5.54. The molecule has 8 nitrogen and oxygen atoms in total. The largest absolute Gasteiger partial charge is 0.494 e. The number of ether oxygens (including phenoxy) is 1. The summed E-state index contributed by atoms with van der Waals surface area (Å²) in [4.78, 5) is 16.0. The van der Waals surface area contributed by atoms with E-state index in [0.717, 1.165) is 53.3 Å². The Kier molecular flexibility index (Phi) is 7.82. The molecule has 1 saturated heterocycles. The van der Waals surface area contributed by atoms with Crippen molar-refractivity contribution < 1.29 is 9.53 Å². The fourth-order valence-electron chi connectivity index (χ4n) is 4.27. The Morgan fingerprint density at radius 2 is 1.86 bits per heavy atom. The highest BCUT2D eigenvalue weighted by molar-refractivity contribution is 7.17. The molecule has 1 amide bonds. The van der Waals surface area contributed by atoms with Gasteiger partial charge >= 0.3 is 0 Å². The molecule has 0 bridgehead atoms. The number of nitrogens with zero attached hydrogens (tertiary/aromatic N) is 4. The van der Waals surface area contributed by atoms with Crippen LogP contribution in [0.4, 0.5) is 10.8 Å². The zero-order valence-corrected chi connectivity index (χ0v) is 21.9. The van der Waals surface area contributed by atoms with E-state index < -0.39 is 0 Å². The number of thiophene rings is 1. The Labute approximate surface area is 218 Å². The Bertz CT molecular complexity index is 1240. The van der Waals surface area contributed by atoms with E-state index in [9.17, 15) is 4.79 Å². The number of carbonyl (C=O) groups is 1. The highest BCUT2D eigenvalue weighted by Gasteiger charge is 2.26. The first-order valence-corrected chi connectivity index (χ1v) is 13.9. The van der Waals surface area contributed by atoms with Crippen molar-refractivity contribution in [3.05, 3.63) is 70.7 Å². The van der Waals surface area contributed by atoms with Gasteiger partial charge < -0.3 is 20.3 Å². The predicted octanol–water partition coefficient (Wildman–Crippen LogP) is 4.93. The second-order valence-electron chi connectivity index (χ2n) is 8.61. The molecular weight excluding hydrogens is 492 g/mol. The molecule has 0 saturated carbocycles. The van der Waals surface area contributed by atoms with Gasteiger partial charge in [-0.15, -0.1) is 21.5 Å². The highest BCUT2D eigenvalue weighted by atomic mass is 32.1. The molecule has 5 rings (SSSR count). The number of rotatable bonds is 10. The molecule has 0 spiro atoms. The molecule has 4 heterocycles. The average molecular weight is 523 g/mol. The molecule has 36 heavy (non-hydrogen) atoms. The second-order valence-corrected chi connectivity index (χ2v) is 10.6. The van der Waals surface area contributed by atoms with Gasteiger partial charge in [-0.3, -0.25) is 9.36 Å². The van der Waals surface area contributed by atoms with Crippen molar-refractivity contribution in [3.63, 3.8) is 0 Å². The third-order valence-electron chi connectivity index (χ3n) is 6.24. The lowest BCUT2D eigenvalue weighted by Crippen LogP contribution is -2.40. The maximum atomic E-state index is 12.6. The highest BCUT2D eigenvalue weighted by Crippen LogP contribution is 2.29. The third-order valence-corrected chi connectivity index (χ3v) is 8.09. The fourth-order valence-corrected chi connectivity index (χ4v) is 5.83. The van der Waals surface area contributed by atoms with Crippen LogP contribution >= 0.6 is 22.7 Å². The number of anilines is 2. The number of benzene rings is 1. The summed E-state index contributed by atoms with van der Waals surface area (Å²) in [5, 5.41) is 19.2. The third kappa shape index (κ3) is 5.88. The topological polar surface area (TPSA) is 84.3 Å². The normalized spacial score (nSPS) is 14.1. The van der Waals surface area contributed by atoms with E-state index in [1.807, 2.05) is 61.0 Å². The molecule has 0 atom stereocenters. The van der Waals surface area contributed by atoms with Gasteiger partial charge in [0.15, 0.2) is 0 Å². The zero-order valence-electron chi connectivity index (χ0n) is 20.2. The standard InChI is InChI=1S/C26H30N6O2S2/c1-2-34-22-9-7-20(8-10-22)27-17-21-5-3-13-32(21)26-30-29-25(36-26)31-14-11-19(12-15-31)24(33)28-18-23-6-4-16-35-23/h3-10,13,16,19,27H,2,11-12,14-15,17-18H2,1H3,(H,28,33). The molecule has 0 unspecified atom stereocenters. The van der Waals surface area contributed by atoms with Gasteiger partial charge in [0.1, 0.15) is 5.75 Å². The van der Waals surface area contributed by atoms with Gasteiger partial charge in [-0.25, -0.2) is 0 Å². The van der Waals surface area contributed by atoms with Gasteiger partial charge in [0, 0.05) is 41.5 Å². The SMILES string of the molecule is CCOc1ccc(NCc2cccn2-c2nnc(N3CCC(C(=O)NCc4cccs4)CC3)s2)cc1. The van der Waals surface area contributed by atoms with Crippen LogP contribution in [0.25, 0.3) is 5.13 Å². The molecule has 3 aromatic heterocycles. The first-order chi connectivity index (χ1) is 17.7. The predicted molar refractivity (Wildman–Crippen MR) is 145 cm³/mol. The minimum absolute atomic E-state index is 0.0540. The van der Waals surface area contributed by atoms with Crippen LogP contribution in [0.2, 0.25) is 0 Å². The van der Waals surface area contributed by atoms with E-state index in [1.165, 1.54) is 4.88 Å². The summed E-state index contributed by atoms with van der Waals surface area (Å²) in [6.07, 6.45) is 3.67. The molecular formula is C26H30N6O2S2. The van der Waals surface area contributed by atoms with E-state index in [1.54, 1.807) is 22.7 Å². The number of carbonyl (C=O) groups excluding carboxylic acids is 1. The van der Waals surface area contributed by atoms with Crippen molar-refractivity contribution >= 4 is 39.4 Å². The van der Waals surface area contributed by atoms with Crippen LogP contribution in [0.3, 0.4) is 0 Å². The summed E-state index contributed by atoms with van der Waals surface area (Å²) in [5.74, 6) is 1.08. The van der Waals surface area contributed by atoms with Crippen molar-refractivity contribution in [2.45, 2.75) is 32.9 Å². The van der Waals surface area contributed by atoms with Crippen molar-refractivity contribution in [2.75, 3.05) is 29.9 Å². The van der Waals surface area contributed by atoms with E-state index in [0.29, 0.717) is 19.7 Å². The minimum Gasteiger partial charge on any atom is -0.494 e. The Morgan fingerprint density at radius 3 is 2.61 bits per heavy atom. The van der Waals surface area contributed by atoms with Crippen molar-refractivity contribution in [3.8, 4) is 10.9 Å². The lowest BCUT2D eigenvalue weighted by molar-refractivity contribution is -0.125. The lowest BCUT2D eigenvalue weighted by Gasteiger charge is -2.30. The number of nitrogens with one attached hydrogen (secondary N) is 2. The summed E-state index contributed by atoms with van der Waals surface area (Å²) in [6, 6.07) is 16.2. The monoisotopic (exact) mass is 522 g/mol. The lowest BCUT2D eigenvalue weighted by atomic mass is 9.96. The molecule has 1 aliphatic rings. The number of piperidine rings is 1. The van der Waals surface area contributed by atoms with Crippen LogP contribution in [0, 0.1) is 5.92 Å². The number of amides is 1. The Hall–Kier alpha value is -3.37. The molecule has 188 valence electrons. The minimum atomic E-state index is 0.0540. The van der Waals surface area contributed by atoms with Crippen LogP contribution in [-0.4, -0.2) is 40.4 Å². The number of hydrogen-bond acceptors (Lipinski definition) is 8. The fraction of sp³-hybridized carbons (Fsp3) is 0.346. The van der Waals surface area contributed by atoms with E-state index in [-0.39, 0.29) is 11.8 Å². The van der Waals surface area contributed by atoms with Gasteiger partial charge in [-0.05, 0) is 67.6 Å². The molecule has 4 aromatic rings. The maximum absolute atomic E-state index is 12.6. The van der Waals surface area contributed by atoms with Crippen LogP contribution in [0.5, 0.6) is 5.75 Å². The molecule has 0 aliphatic carbocycles. The van der Waals surface area contributed by atoms with Gasteiger partial charge in [0.2, 0.25) is 16.2 Å². The average Bonchev–Trinajstić information content (AvgIpc) is 3.69. The smallest absolute Gasteiger partial charge is 0.223 e. The van der Waals surface area contributed by atoms with Gasteiger partial charge in [-0.1, -0.05) is 17.4 Å². The van der Waals surface area contributed by atoms with E-state index >= 15 is 0 Å². The first kappa shape index (κ1) is 24.3. The maximum Gasteiger partial charge on any atom is 0.223 e. The summed E-state index contributed by atoms with van der Waals surface area (Å²) < 4.78 is 7.59. The van der Waals surface area contributed by atoms with Gasteiger partial charge in [0.25, 0.3) is 0 Å². The molecule has 1 fully saturated rings. The van der Waals surface area contributed by atoms with Crippen LogP contribution in [-0.2, 0) is 17.9 Å². The van der Waals surface area contributed by atoms with E-state index in [2.05, 4.69) is 36.4 Å². The van der Waals surface area contributed by atoms with Crippen LogP contribution in [0.15, 0.2) is 60.1 Å². The van der Waals surface area contributed by atoms with Crippen LogP contribution in [0.1, 0.15) is 30.3 Å². The quantitative estimate of drug-likeness (QED) is 0.307. The Morgan fingerprint density at radius 1 is 1.06 bits per heavy atom. The molecule has 2 N–H and O–H groups in total. The number of hydrogen-bond donors (Lipinski definition) is 2. The number of aromatic nitrogens is 3. The van der Waals surface area contributed by atoms with Crippen molar-refractivity contribution in [2.24, 2.45) is 5.92 Å². The summed E-state index contributed by atoms with van der Waals surface area (Å²) in [5.41, 5.74) is 2.14. The second kappa shape index (κ2) is 11.6. The summed E-state index contributed by atoms with van der Waals surface area (Å²) in [7, 11) is 0. The molecule has 10 heteroatoms.